The Kier molecular flexibility index (Phi) is 30.5. The Morgan fingerprint density at radius 3 is 1.48 bits per heavy atom. The number of rotatable bonds is 26. The van der Waals surface area contributed by atoms with Gasteiger partial charge in [0.1, 0.15) is 17.1 Å². The number of H-pyrrole nitrogens is 3. The lowest BCUT2D eigenvalue weighted by Crippen LogP contribution is -2.51. The molecule has 0 spiro atoms. The number of methoxy groups -OCH3 is 1. The first kappa shape index (κ1) is 90.3. The van der Waals surface area contributed by atoms with Crippen LogP contribution in [0.25, 0.3) is 78.1 Å². The molecule has 676 valence electrons. The zero-order valence-corrected chi connectivity index (χ0v) is 76.6. The number of benzene rings is 9. The number of ether oxygens (including phenoxy) is 1. The predicted molar refractivity (Wildman–Crippen MR) is 534 cm³/mol. The van der Waals surface area contributed by atoms with Crippen LogP contribution in [0.5, 0.6) is 5.75 Å². The van der Waals surface area contributed by atoms with E-state index in [0.29, 0.717) is 60.5 Å². The van der Waals surface area contributed by atoms with Crippen molar-refractivity contribution in [2.24, 2.45) is 5.11 Å². The van der Waals surface area contributed by atoms with E-state index in [1.165, 1.54) is 143 Å². The molecule has 23 heteroatoms. The largest absolute Gasteiger partial charge is 0.497 e. The molecule has 0 radical (unpaired) electrons. The Hall–Kier alpha value is -11.6. The maximum atomic E-state index is 13.5. The van der Waals surface area contributed by atoms with Gasteiger partial charge in [0.25, 0.3) is 0 Å². The normalized spacial score (nSPS) is 17.4. The van der Waals surface area contributed by atoms with Gasteiger partial charge in [0, 0.05) is 252 Å². The summed E-state index contributed by atoms with van der Waals surface area (Å²) in [4.78, 5) is 35.5. The van der Waals surface area contributed by atoms with Crippen LogP contribution >= 0.6 is 0 Å². The molecule has 8 N–H and O–H groups in total. The predicted octanol–water partition coefficient (Wildman–Crippen LogP) is 18.4. The van der Waals surface area contributed by atoms with Crippen molar-refractivity contribution in [3.63, 3.8) is 0 Å². The van der Waals surface area contributed by atoms with E-state index < -0.39 is 9.84 Å². The Labute approximate surface area is 766 Å². The van der Waals surface area contributed by atoms with Crippen LogP contribution < -0.4 is 50.5 Å². The molecular weight excluding hydrogens is 1640 g/mol. The van der Waals surface area contributed by atoms with Crippen molar-refractivity contribution in [3.8, 4) is 39.5 Å². The standard InChI is InChI=1S/C29H41N5O.C27H29N3.C26H26FN6.C25H32N4O2S/c1-22(2)33-17-15-32(16-18-33)14-11-30-25-9-12-34(13-10-25)26-6-4-5-23(19-26)29-21-24-20-27(35-3)7-8-28(24)31-29;1-2-7-22-19-24(18-21(22)6-1)23-8-5-10-27(20-23)30-16-12-26(13-17-30)29-15-11-25-9-3-4-14-28-25;27-21-7-8-25-20(14-21)16-26(30-25)19-4-2-6-24(15-19)33-11-9-22(10-12-33)29-17-18-3-1-5-23(13-18)31-32-28;30-32(31)16-14-28(15-17-32)13-10-26-22-8-11-29(12-9-22)23-6-3-5-20(18-23)25-19-21-4-1-2-7-24(21)27-25/h4-8,19-22,25,30-31H,9-18H2,1-3H3;1-10,14,18,20,26,29H,11-13,15-17,19H2;1-8,13-16,22,28-30H,9-12,17H2;1-7,18-19,22,26-27H,8-17H2/q;;+1;. The van der Waals surface area contributed by atoms with E-state index >= 15 is 0 Å². The lowest BCUT2D eigenvalue weighted by Gasteiger charge is -2.37. The molecular formula is C107H128FN18O3S+. The van der Waals surface area contributed by atoms with Gasteiger partial charge in [-0.1, -0.05) is 115 Å². The molecule has 7 aliphatic rings. The monoisotopic (exact) mass is 1760 g/mol. The van der Waals surface area contributed by atoms with Crippen LogP contribution in [-0.4, -0.2) is 216 Å². The van der Waals surface area contributed by atoms with E-state index in [9.17, 15) is 12.8 Å². The van der Waals surface area contributed by atoms with E-state index in [-0.39, 0.29) is 5.82 Å². The lowest BCUT2D eigenvalue weighted by molar-refractivity contribution is 0.108. The van der Waals surface area contributed by atoms with Gasteiger partial charge in [0.2, 0.25) is 4.91 Å². The van der Waals surface area contributed by atoms with Crippen LogP contribution in [0.15, 0.2) is 254 Å². The van der Waals surface area contributed by atoms with Crippen molar-refractivity contribution in [3.05, 3.63) is 283 Å². The molecule has 0 saturated carbocycles. The highest BCUT2D eigenvalue weighted by molar-refractivity contribution is 7.91. The smallest absolute Gasteiger partial charge is 0.220 e. The third-order valence-electron chi connectivity index (χ3n) is 27.3. The average Bonchev–Trinajstić information content (AvgIpc) is 1.66. The zero-order chi connectivity index (χ0) is 89.0. The third-order valence-corrected chi connectivity index (χ3v) is 29.0. The van der Waals surface area contributed by atoms with Crippen LogP contribution in [0.2, 0.25) is 0 Å². The first-order chi connectivity index (χ1) is 63.7. The second-order valence-corrected chi connectivity index (χ2v) is 38.6. The number of fused-ring (bicyclic) bond motifs is 4. The molecule has 130 heavy (non-hydrogen) atoms. The maximum Gasteiger partial charge on any atom is 0.220 e. The molecule has 6 fully saturated rings. The van der Waals surface area contributed by atoms with Gasteiger partial charge in [-0.3, -0.25) is 14.8 Å². The summed E-state index contributed by atoms with van der Waals surface area (Å²) in [6.45, 7) is 25.3. The van der Waals surface area contributed by atoms with Crippen LogP contribution in [-0.2, 0) is 29.2 Å². The Morgan fingerprint density at radius 2 is 0.946 bits per heavy atom. The fraction of sp³-hybridized carbons (Fsp3) is 0.374. The minimum atomic E-state index is -2.79. The van der Waals surface area contributed by atoms with Crippen molar-refractivity contribution in [1.82, 2.24) is 60.8 Å². The molecule has 0 amide bonds. The highest BCUT2D eigenvalue weighted by atomic mass is 32.2. The van der Waals surface area contributed by atoms with Crippen molar-refractivity contribution in [1.29, 1.82) is 5.53 Å². The molecule has 1 aliphatic carbocycles. The van der Waals surface area contributed by atoms with Gasteiger partial charge in [-0.05, 0) is 250 Å². The minimum absolute atomic E-state index is 0.218. The number of anilines is 4. The molecule has 9 aromatic carbocycles. The number of sulfone groups is 1. The molecule has 6 aliphatic heterocycles. The van der Waals surface area contributed by atoms with E-state index in [4.69, 9.17) is 10.3 Å². The number of allylic oxidation sites excluding steroid dienone is 1. The summed E-state index contributed by atoms with van der Waals surface area (Å²) < 4.78 is 42.0. The van der Waals surface area contributed by atoms with Crippen LogP contribution in [0.4, 0.5) is 32.8 Å². The summed E-state index contributed by atoms with van der Waals surface area (Å²) in [6, 6.07) is 86.9. The van der Waals surface area contributed by atoms with E-state index in [0.717, 1.165) is 174 Å². The molecule has 0 atom stereocenters. The van der Waals surface area contributed by atoms with Gasteiger partial charge in [0.15, 0.2) is 20.6 Å². The van der Waals surface area contributed by atoms with E-state index in [2.05, 4.69) is 294 Å². The van der Waals surface area contributed by atoms with Gasteiger partial charge in [-0.25, -0.2) is 12.8 Å². The number of piperazine rings is 1. The average molecular weight is 1770 g/mol. The third kappa shape index (κ3) is 24.3. The van der Waals surface area contributed by atoms with Gasteiger partial charge < -0.3 is 65.5 Å². The highest BCUT2D eigenvalue weighted by Gasteiger charge is 2.28. The molecule has 0 unspecified atom stereocenters. The summed E-state index contributed by atoms with van der Waals surface area (Å²) in [5, 5.41) is 22.0. The summed E-state index contributed by atoms with van der Waals surface area (Å²) in [6.07, 6.45) is 15.5. The molecule has 13 aromatic rings. The number of pyridine rings is 1. The number of nitrogens with one attached hydrogen (secondary N) is 8. The summed E-state index contributed by atoms with van der Waals surface area (Å²) in [7, 11) is -1.08. The van der Waals surface area contributed by atoms with Crippen molar-refractivity contribution in [2.75, 3.05) is 163 Å². The number of piperidine rings is 4. The van der Waals surface area contributed by atoms with Gasteiger partial charge >= 0.3 is 0 Å². The molecule has 6 saturated heterocycles. The number of aromatic nitrogens is 4. The van der Waals surface area contributed by atoms with Crippen LogP contribution in [0, 0.1) is 11.3 Å². The Balaban J connectivity index is 0.000000122. The van der Waals surface area contributed by atoms with Crippen molar-refractivity contribution in [2.45, 2.75) is 115 Å². The molecule has 4 aromatic heterocycles. The van der Waals surface area contributed by atoms with E-state index in [1.807, 2.05) is 42.6 Å². The number of nitrogens with zero attached hydrogens (tertiary/aromatic N) is 10. The SMILES string of the molecule is C1=C(c2cccc(N3CCC(NCCc4ccccn4)CC3)c2)Cc2ccccc21.COc1ccc2[nH]c(-c3cccc(N4CCC(NCCN5CCN(C(C)C)CC5)CC4)c3)cc2c1.N=[N+]=Nc1cccc(CNC2CCN(c3cccc(-c4cc5cc(F)ccc5[nH]4)c3)CC2)c1.O=S1(=O)CCN(CCNC2CCN(c3cccc(-c4cc5ccccc5[nH]4)c3)CC2)CC1. The maximum absolute atomic E-state index is 13.5. The topological polar surface area (TPSA) is 225 Å². The van der Waals surface area contributed by atoms with E-state index in [1.54, 1.807) is 19.2 Å². The summed E-state index contributed by atoms with van der Waals surface area (Å²) in [5.74, 6) is 1.29. The Morgan fingerprint density at radius 1 is 0.469 bits per heavy atom. The lowest BCUT2D eigenvalue weighted by atomic mass is 10.0. The van der Waals surface area contributed by atoms with Crippen LogP contribution in [0.1, 0.15) is 93.2 Å². The first-order valence-corrected chi connectivity index (χ1v) is 49.1. The van der Waals surface area contributed by atoms with Crippen LogP contribution in [0.3, 0.4) is 0 Å². The fourth-order valence-electron chi connectivity index (χ4n) is 19.6. The Bertz CT molecular complexity index is 6020. The van der Waals surface area contributed by atoms with Crippen molar-refractivity contribution < 1.29 is 17.5 Å². The quantitative estimate of drug-likeness (QED) is 0.0186. The number of halogens is 1. The summed E-state index contributed by atoms with van der Waals surface area (Å²) in [5.41, 5.74) is 30.8. The number of aromatic amines is 3. The molecule has 20 rings (SSSR count). The van der Waals surface area contributed by atoms with Gasteiger partial charge in [-0.15, -0.1) is 0 Å². The highest BCUT2D eigenvalue weighted by Crippen LogP contribution is 2.37. The van der Waals surface area contributed by atoms with Crippen molar-refractivity contribution >= 4 is 82.6 Å². The molecule has 21 nitrogen and oxygen atoms in total. The van der Waals surface area contributed by atoms with Gasteiger partial charge in [0.05, 0.1) is 18.6 Å². The number of para-hydroxylation sites is 1. The second-order valence-electron chi connectivity index (χ2n) is 36.3. The number of hydrogen-bond acceptors (Lipinski definition) is 17. The fourth-order valence-corrected chi connectivity index (χ4v) is 20.8. The zero-order valence-electron chi connectivity index (χ0n) is 75.7. The number of hydrogen-bond donors (Lipinski definition) is 8. The van der Waals surface area contributed by atoms with Gasteiger partial charge in [-0.2, -0.15) is 0 Å². The molecule has 0 bridgehead atoms. The minimum Gasteiger partial charge on any atom is -0.497 e. The first-order valence-electron chi connectivity index (χ1n) is 47.3. The molecule has 10 heterocycles. The summed E-state index contributed by atoms with van der Waals surface area (Å²) >= 11 is 0. The second kappa shape index (κ2) is 43.9.